The number of nitrogens with zero attached hydrogens (tertiary/aromatic N) is 4. The predicted molar refractivity (Wildman–Crippen MR) is 60.9 cm³/mol. The Morgan fingerprint density at radius 3 is 3.19 bits per heavy atom. The third-order valence-electron chi connectivity index (χ3n) is 3.04. The van der Waals surface area contributed by atoms with Gasteiger partial charge in [-0.05, 0) is 19.4 Å². The number of rotatable bonds is 1. The zero-order valence-corrected chi connectivity index (χ0v) is 8.93. The van der Waals surface area contributed by atoms with Crippen LogP contribution < -0.4 is 11.1 Å². The first kappa shape index (κ1) is 9.53. The van der Waals surface area contributed by atoms with E-state index in [0.29, 0.717) is 11.9 Å². The number of nitrogens with two attached hydrogens (primary N) is 1. The maximum absolute atomic E-state index is 5.78. The van der Waals surface area contributed by atoms with Crippen LogP contribution in [0.1, 0.15) is 18.9 Å². The van der Waals surface area contributed by atoms with E-state index in [1.165, 1.54) is 12.7 Å². The molecular weight excluding hydrogens is 204 g/mol. The van der Waals surface area contributed by atoms with Gasteiger partial charge in [0.05, 0.1) is 17.6 Å². The van der Waals surface area contributed by atoms with Crippen molar-refractivity contribution in [1.82, 2.24) is 25.1 Å². The van der Waals surface area contributed by atoms with Gasteiger partial charge in [0.25, 0.3) is 0 Å². The van der Waals surface area contributed by atoms with Crippen LogP contribution in [0.5, 0.6) is 0 Å². The van der Waals surface area contributed by atoms with Crippen molar-refractivity contribution in [1.29, 1.82) is 0 Å². The molecule has 2 aromatic rings. The number of piperidine rings is 1. The minimum Gasteiger partial charge on any atom is -0.383 e. The topological polar surface area (TPSA) is 81.7 Å². The normalized spacial score (nSPS) is 21.4. The van der Waals surface area contributed by atoms with Crippen molar-refractivity contribution in [2.45, 2.75) is 18.9 Å². The van der Waals surface area contributed by atoms with E-state index < -0.39 is 0 Å². The Morgan fingerprint density at radius 1 is 1.44 bits per heavy atom. The molecule has 1 atom stereocenters. The van der Waals surface area contributed by atoms with E-state index in [9.17, 15) is 0 Å². The van der Waals surface area contributed by atoms with E-state index in [4.69, 9.17) is 5.73 Å². The molecule has 1 aliphatic heterocycles. The minimum absolute atomic E-state index is 0.376. The minimum atomic E-state index is 0.376. The Bertz CT molecular complexity index is 499. The van der Waals surface area contributed by atoms with Gasteiger partial charge in [-0.25, -0.2) is 14.6 Å². The molecule has 1 aliphatic rings. The van der Waals surface area contributed by atoms with Crippen LogP contribution in [-0.4, -0.2) is 32.8 Å². The van der Waals surface area contributed by atoms with E-state index in [-0.39, 0.29) is 0 Å². The Labute approximate surface area is 92.9 Å². The number of nitrogens with one attached hydrogen (secondary N) is 1. The second kappa shape index (κ2) is 3.71. The summed E-state index contributed by atoms with van der Waals surface area (Å²) < 4.78 is 1.96. The van der Waals surface area contributed by atoms with Gasteiger partial charge >= 0.3 is 0 Å². The molecule has 6 heteroatoms. The Kier molecular flexibility index (Phi) is 2.21. The number of hydrogen-bond acceptors (Lipinski definition) is 5. The number of nitrogen functional groups attached to an aromatic ring is 1. The fourth-order valence-electron chi connectivity index (χ4n) is 2.19. The number of hydrogen-bond donors (Lipinski definition) is 2. The fraction of sp³-hybridized carbons (Fsp3) is 0.500. The zero-order chi connectivity index (χ0) is 11.0. The summed E-state index contributed by atoms with van der Waals surface area (Å²) in [6, 6.07) is 0.376. The van der Waals surface area contributed by atoms with Crippen LogP contribution in [0.2, 0.25) is 0 Å². The highest BCUT2D eigenvalue weighted by molar-refractivity contribution is 5.84. The average Bonchev–Trinajstić information content (AvgIpc) is 2.75. The van der Waals surface area contributed by atoms with Crippen molar-refractivity contribution in [3.05, 3.63) is 12.5 Å². The first-order valence-corrected chi connectivity index (χ1v) is 5.50. The first-order valence-electron chi connectivity index (χ1n) is 5.50. The van der Waals surface area contributed by atoms with Gasteiger partial charge in [-0.3, -0.25) is 0 Å². The van der Waals surface area contributed by atoms with Crippen molar-refractivity contribution in [3.8, 4) is 0 Å². The molecule has 1 saturated heterocycles. The van der Waals surface area contributed by atoms with Gasteiger partial charge in [0.15, 0.2) is 5.65 Å². The molecule has 0 spiro atoms. The van der Waals surface area contributed by atoms with Crippen molar-refractivity contribution in [2.24, 2.45) is 0 Å². The van der Waals surface area contributed by atoms with Crippen molar-refractivity contribution in [3.63, 3.8) is 0 Å². The van der Waals surface area contributed by atoms with Crippen molar-refractivity contribution >= 4 is 16.9 Å². The lowest BCUT2D eigenvalue weighted by Gasteiger charge is -2.23. The molecule has 0 aliphatic carbocycles. The van der Waals surface area contributed by atoms with Gasteiger partial charge in [0, 0.05) is 6.54 Å². The van der Waals surface area contributed by atoms with Gasteiger partial charge in [0.2, 0.25) is 0 Å². The largest absolute Gasteiger partial charge is 0.383 e. The standard InChI is InChI=1S/C10H14N6/c11-9-8-5-15-16(10(8)14-6-13-9)7-2-1-3-12-4-7/h5-7,12H,1-4H2,(H2,11,13,14)/t7-/m0/s1. The van der Waals surface area contributed by atoms with E-state index in [0.717, 1.165) is 30.5 Å². The maximum atomic E-state index is 5.78. The third-order valence-corrected chi connectivity index (χ3v) is 3.04. The average molecular weight is 218 g/mol. The molecule has 16 heavy (non-hydrogen) atoms. The first-order chi connectivity index (χ1) is 7.86. The maximum Gasteiger partial charge on any atom is 0.163 e. The molecule has 0 aromatic carbocycles. The highest BCUT2D eigenvalue weighted by atomic mass is 15.3. The second-order valence-electron chi connectivity index (χ2n) is 4.09. The lowest BCUT2D eigenvalue weighted by molar-refractivity contribution is 0.353. The van der Waals surface area contributed by atoms with Crippen molar-refractivity contribution in [2.75, 3.05) is 18.8 Å². The number of anilines is 1. The van der Waals surface area contributed by atoms with Crippen molar-refractivity contribution < 1.29 is 0 Å². The summed E-state index contributed by atoms with van der Waals surface area (Å²) in [7, 11) is 0. The van der Waals surface area contributed by atoms with E-state index in [1.54, 1.807) is 6.20 Å². The lowest BCUT2D eigenvalue weighted by Crippen LogP contribution is -2.32. The summed E-state index contributed by atoms with van der Waals surface area (Å²) in [4.78, 5) is 8.22. The van der Waals surface area contributed by atoms with Crippen LogP contribution in [0.3, 0.4) is 0 Å². The number of fused-ring (bicyclic) bond motifs is 1. The summed E-state index contributed by atoms with van der Waals surface area (Å²) in [5.41, 5.74) is 6.61. The molecule has 3 heterocycles. The Hall–Kier alpha value is -1.69. The molecule has 84 valence electrons. The SMILES string of the molecule is Nc1ncnc2c1cnn2[C@H]1CCCNC1. The molecule has 0 saturated carbocycles. The smallest absolute Gasteiger partial charge is 0.163 e. The third kappa shape index (κ3) is 1.42. The van der Waals surface area contributed by atoms with Crippen LogP contribution in [0.15, 0.2) is 12.5 Å². The van der Waals surface area contributed by atoms with Crippen LogP contribution in [0.25, 0.3) is 11.0 Å². The Balaban J connectivity index is 2.06. The Morgan fingerprint density at radius 2 is 2.38 bits per heavy atom. The van der Waals surface area contributed by atoms with Crippen LogP contribution >= 0.6 is 0 Å². The zero-order valence-electron chi connectivity index (χ0n) is 8.93. The number of aromatic nitrogens is 4. The van der Waals surface area contributed by atoms with Gasteiger partial charge in [-0.1, -0.05) is 0 Å². The van der Waals surface area contributed by atoms with Gasteiger partial charge in [-0.15, -0.1) is 0 Å². The molecule has 0 amide bonds. The van der Waals surface area contributed by atoms with Gasteiger partial charge in [0.1, 0.15) is 12.1 Å². The molecule has 0 unspecified atom stereocenters. The molecule has 1 fully saturated rings. The van der Waals surface area contributed by atoms with E-state index in [1.807, 2.05) is 4.68 Å². The molecule has 6 nitrogen and oxygen atoms in total. The summed E-state index contributed by atoms with van der Waals surface area (Å²) >= 11 is 0. The summed E-state index contributed by atoms with van der Waals surface area (Å²) in [6.45, 7) is 2.04. The molecule has 3 N–H and O–H groups in total. The van der Waals surface area contributed by atoms with E-state index >= 15 is 0 Å². The predicted octanol–water partition coefficient (Wildman–Crippen LogP) is 0.333. The summed E-state index contributed by atoms with van der Waals surface area (Å²) in [5, 5.41) is 8.58. The molecule has 2 aromatic heterocycles. The molecular formula is C10H14N6. The van der Waals surface area contributed by atoms with E-state index in [2.05, 4.69) is 20.4 Å². The highest BCUT2D eigenvalue weighted by Crippen LogP contribution is 2.22. The fourth-order valence-corrected chi connectivity index (χ4v) is 2.19. The molecule has 3 rings (SSSR count). The monoisotopic (exact) mass is 218 g/mol. The second-order valence-corrected chi connectivity index (χ2v) is 4.09. The van der Waals surface area contributed by atoms with Gasteiger partial charge in [-0.2, -0.15) is 5.10 Å². The van der Waals surface area contributed by atoms with Crippen LogP contribution in [-0.2, 0) is 0 Å². The van der Waals surface area contributed by atoms with Crippen LogP contribution in [0.4, 0.5) is 5.82 Å². The highest BCUT2D eigenvalue weighted by Gasteiger charge is 2.18. The van der Waals surface area contributed by atoms with Gasteiger partial charge < -0.3 is 11.1 Å². The summed E-state index contributed by atoms with van der Waals surface area (Å²) in [6.07, 6.45) is 5.55. The lowest BCUT2D eigenvalue weighted by atomic mass is 10.1. The van der Waals surface area contributed by atoms with Crippen LogP contribution in [0, 0.1) is 0 Å². The molecule has 0 bridgehead atoms. The quantitative estimate of drug-likeness (QED) is 0.721. The molecule has 0 radical (unpaired) electrons. The summed E-state index contributed by atoms with van der Waals surface area (Å²) in [5.74, 6) is 0.500.